The van der Waals surface area contributed by atoms with E-state index in [1.807, 2.05) is 6.07 Å². The number of nitrogens with zero attached hydrogens (tertiary/aromatic N) is 3. The van der Waals surface area contributed by atoms with Crippen molar-refractivity contribution in [3.63, 3.8) is 0 Å². The maximum atomic E-state index is 13.5. The summed E-state index contributed by atoms with van der Waals surface area (Å²) in [7, 11) is 0. The smallest absolute Gasteiger partial charge is 0.334 e. The van der Waals surface area contributed by atoms with Gasteiger partial charge in [-0.25, -0.2) is 4.68 Å². The van der Waals surface area contributed by atoms with Gasteiger partial charge < -0.3 is 4.90 Å². The number of carbonyl (C=O) groups excluding carboxylic acids is 1. The highest BCUT2D eigenvalue weighted by Gasteiger charge is 2.37. The van der Waals surface area contributed by atoms with Gasteiger partial charge in [0.25, 0.3) is 11.5 Å². The van der Waals surface area contributed by atoms with E-state index in [-0.39, 0.29) is 18.1 Å². The lowest BCUT2D eigenvalue weighted by Gasteiger charge is -2.28. The first-order valence-corrected chi connectivity index (χ1v) is 10.8. The average molecular weight is 470 g/mol. The molecule has 1 N–H and O–H groups in total. The number of benzene rings is 1. The predicted molar refractivity (Wildman–Crippen MR) is 118 cm³/mol. The van der Waals surface area contributed by atoms with E-state index < -0.39 is 22.9 Å². The van der Waals surface area contributed by atoms with E-state index in [9.17, 15) is 28.0 Å². The van der Waals surface area contributed by atoms with Crippen LogP contribution in [0.15, 0.2) is 70.5 Å². The van der Waals surface area contributed by atoms with E-state index in [0.29, 0.717) is 29.1 Å². The molecule has 0 spiro atoms. The molecule has 1 aliphatic heterocycles. The summed E-state index contributed by atoms with van der Waals surface area (Å²) < 4.78 is 41.5. The van der Waals surface area contributed by atoms with Crippen molar-refractivity contribution >= 4 is 17.2 Å². The van der Waals surface area contributed by atoms with Gasteiger partial charge in [-0.3, -0.25) is 15.0 Å². The fourth-order valence-electron chi connectivity index (χ4n) is 3.52. The molecule has 0 saturated carbocycles. The van der Waals surface area contributed by atoms with Gasteiger partial charge in [-0.2, -0.15) is 18.4 Å². The molecule has 0 bridgehead atoms. The van der Waals surface area contributed by atoms with E-state index in [1.54, 1.807) is 52.8 Å². The van der Waals surface area contributed by atoms with Crippen molar-refractivity contribution in [2.75, 3.05) is 18.5 Å². The molecule has 0 aliphatic carbocycles. The van der Waals surface area contributed by atoms with Crippen molar-refractivity contribution in [2.24, 2.45) is 0 Å². The summed E-state index contributed by atoms with van der Waals surface area (Å²) in [5.74, 6) is -0.136. The highest BCUT2D eigenvalue weighted by atomic mass is 32.1. The van der Waals surface area contributed by atoms with E-state index in [2.05, 4.69) is 5.43 Å². The summed E-state index contributed by atoms with van der Waals surface area (Å²) in [4.78, 5) is 27.6. The van der Waals surface area contributed by atoms with Crippen LogP contribution >= 0.6 is 11.3 Å². The molecule has 2 aromatic heterocycles. The molecule has 1 aliphatic rings. The third-order valence-electron chi connectivity index (χ3n) is 5.17. The van der Waals surface area contributed by atoms with Crippen LogP contribution in [0.5, 0.6) is 0 Å². The second kappa shape index (κ2) is 8.96. The van der Waals surface area contributed by atoms with Gasteiger partial charge in [0.2, 0.25) is 0 Å². The fraction of sp³-hybridized carbons (Fsp3) is 0.174. The molecule has 0 radical (unpaired) electrons. The molecule has 0 atom stereocenters. The van der Waals surface area contributed by atoms with Crippen LogP contribution < -0.4 is 11.0 Å². The molecule has 10 heteroatoms. The summed E-state index contributed by atoms with van der Waals surface area (Å²) in [6.07, 6.45) is -2.78. The van der Waals surface area contributed by atoms with Gasteiger partial charge in [-0.1, -0.05) is 24.3 Å². The summed E-state index contributed by atoms with van der Waals surface area (Å²) >= 11 is 1.17. The number of carbonyl (C=O) groups is 1. The minimum Gasteiger partial charge on any atom is -0.334 e. The highest BCUT2D eigenvalue weighted by Crippen LogP contribution is 2.34. The molecule has 1 aromatic carbocycles. The lowest BCUT2D eigenvalue weighted by molar-refractivity contribution is -0.137. The zero-order valence-corrected chi connectivity index (χ0v) is 17.9. The Labute approximate surface area is 190 Å². The molecule has 4 rings (SSSR count). The number of pyridine rings is 1. The SMILES string of the molecule is N#Cc1c(C(F)(F)F)cc(-c2cccs2)n(NC2=CCN(C(=O)c3ccccc3)CC2)c1=O. The minimum absolute atomic E-state index is 0.00464. The summed E-state index contributed by atoms with van der Waals surface area (Å²) in [5.41, 5.74) is 0.667. The highest BCUT2D eigenvalue weighted by molar-refractivity contribution is 7.13. The molecule has 0 fully saturated rings. The van der Waals surface area contributed by atoms with Gasteiger partial charge >= 0.3 is 6.18 Å². The number of nitriles is 1. The molecular weight excluding hydrogens is 453 g/mol. The van der Waals surface area contributed by atoms with Crippen LogP contribution in [0.1, 0.15) is 27.9 Å². The maximum Gasteiger partial charge on any atom is 0.417 e. The Morgan fingerprint density at radius 3 is 2.48 bits per heavy atom. The van der Waals surface area contributed by atoms with Crippen LogP contribution in [0, 0.1) is 11.3 Å². The number of alkyl halides is 3. The zero-order valence-electron chi connectivity index (χ0n) is 17.1. The number of aromatic nitrogens is 1. The Morgan fingerprint density at radius 2 is 1.91 bits per heavy atom. The topological polar surface area (TPSA) is 78.1 Å². The Balaban J connectivity index is 1.67. The molecule has 168 valence electrons. The van der Waals surface area contributed by atoms with E-state index in [0.717, 1.165) is 10.7 Å². The molecule has 0 unspecified atom stereocenters. The Morgan fingerprint density at radius 1 is 1.15 bits per heavy atom. The van der Waals surface area contributed by atoms with Crippen LogP contribution in [-0.2, 0) is 6.18 Å². The van der Waals surface area contributed by atoms with Crippen LogP contribution in [0.25, 0.3) is 10.6 Å². The lowest BCUT2D eigenvalue weighted by Crippen LogP contribution is -2.39. The zero-order chi connectivity index (χ0) is 23.6. The van der Waals surface area contributed by atoms with Gasteiger partial charge in [-0.05, 0) is 35.7 Å². The van der Waals surface area contributed by atoms with Gasteiger partial charge in [0.1, 0.15) is 11.6 Å². The molecule has 6 nitrogen and oxygen atoms in total. The quantitative estimate of drug-likeness (QED) is 0.612. The van der Waals surface area contributed by atoms with Crippen molar-refractivity contribution in [1.82, 2.24) is 9.58 Å². The minimum atomic E-state index is -4.85. The van der Waals surface area contributed by atoms with Crippen molar-refractivity contribution in [3.8, 4) is 16.6 Å². The van der Waals surface area contributed by atoms with Crippen molar-refractivity contribution in [1.29, 1.82) is 5.26 Å². The summed E-state index contributed by atoms with van der Waals surface area (Å²) in [6, 6.07) is 14.3. The van der Waals surface area contributed by atoms with Crippen LogP contribution in [0.2, 0.25) is 0 Å². The molecule has 33 heavy (non-hydrogen) atoms. The number of halogens is 3. The molecule has 3 aromatic rings. The van der Waals surface area contributed by atoms with Gasteiger partial charge in [0.05, 0.1) is 16.1 Å². The van der Waals surface area contributed by atoms with Crippen molar-refractivity contribution in [2.45, 2.75) is 12.6 Å². The van der Waals surface area contributed by atoms with Gasteiger partial charge in [0.15, 0.2) is 0 Å². The first-order valence-electron chi connectivity index (χ1n) is 9.91. The first-order chi connectivity index (χ1) is 15.8. The normalized spacial score (nSPS) is 13.9. The molecule has 0 saturated heterocycles. The second-order valence-corrected chi connectivity index (χ2v) is 8.20. The van der Waals surface area contributed by atoms with E-state index >= 15 is 0 Å². The van der Waals surface area contributed by atoms with E-state index in [1.165, 1.54) is 17.4 Å². The van der Waals surface area contributed by atoms with Gasteiger partial charge in [-0.15, -0.1) is 11.3 Å². The number of rotatable bonds is 4. The van der Waals surface area contributed by atoms with Crippen LogP contribution in [-0.4, -0.2) is 28.6 Å². The largest absolute Gasteiger partial charge is 0.417 e. The summed E-state index contributed by atoms with van der Waals surface area (Å²) in [5, 5.41) is 11.0. The second-order valence-electron chi connectivity index (χ2n) is 7.25. The van der Waals surface area contributed by atoms with Crippen LogP contribution in [0.4, 0.5) is 13.2 Å². The Kier molecular flexibility index (Phi) is 6.07. The fourth-order valence-corrected chi connectivity index (χ4v) is 4.25. The van der Waals surface area contributed by atoms with E-state index in [4.69, 9.17) is 0 Å². The third kappa shape index (κ3) is 4.54. The Bertz CT molecular complexity index is 1310. The average Bonchev–Trinajstić information content (AvgIpc) is 3.35. The van der Waals surface area contributed by atoms with Gasteiger partial charge in [0, 0.05) is 30.8 Å². The number of hydrogen-bond acceptors (Lipinski definition) is 5. The van der Waals surface area contributed by atoms with Crippen molar-refractivity contribution in [3.05, 3.63) is 92.7 Å². The Hall–Kier alpha value is -3.84. The van der Waals surface area contributed by atoms with Crippen LogP contribution in [0.3, 0.4) is 0 Å². The van der Waals surface area contributed by atoms with Crippen molar-refractivity contribution < 1.29 is 18.0 Å². The molecular formula is C23H17F3N4O2S. The predicted octanol–water partition coefficient (Wildman–Crippen LogP) is 4.44. The monoisotopic (exact) mass is 470 g/mol. The lowest BCUT2D eigenvalue weighted by atomic mass is 10.1. The first kappa shape index (κ1) is 22.4. The molecule has 3 heterocycles. The third-order valence-corrected chi connectivity index (χ3v) is 6.06. The summed E-state index contributed by atoms with van der Waals surface area (Å²) in [6.45, 7) is 0.631. The number of thiophene rings is 1. The number of nitrogens with one attached hydrogen (secondary N) is 1. The number of amides is 1. The maximum absolute atomic E-state index is 13.5. The molecule has 1 amide bonds. The number of hydrogen-bond donors (Lipinski definition) is 1. The standard InChI is InChI=1S/C23H17F3N4O2S/c24-23(25,26)18-13-19(20-7-4-12-33-20)30(22(32)17(18)14-27)28-16-8-10-29(11-9-16)21(31)15-5-2-1-3-6-15/h1-8,12-13,28H,9-11H2.